The Kier molecular flexibility index (Phi) is 7.51. The maximum Gasteiger partial charge on any atom is 0.349 e. The van der Waals surface area contributed by atoms with Crippen LogP contribution in [0.4, 0.5) is 5.69 Å². The van der Waals surface area contributed by atoms with Crippen molar-refractivity contribution in [3.63, 3.8) is 0 Å². The minimum atomic E-state index is -1.18. The Labute approximate surface area is 207 Å². The Morgan fingerprint density at radius 1 is 1.00 bits per heavy atom. The van der Waals surface area contributed by atoms with Crippen molar-refractivity contribution in [1.82, 2.24) is 0 Å². The average molecular weight is 494 g/mol. The number of rotatable bonds is 8. The molecule has 1 fully saturated rings. The fourth-order valence-electron chi connectivity index (χ4n) is 4.57. The molecule has 35 heavy (non-hydrogen) atoms. The predicted octanol–water partition coefficient (Wildman–Crippen LogP) is 5.86. The highest BCUT2D eigenvalue weighted by Crippen LogP contribution is 2.42. The zero-order chi connectivity index (χ0) is 24.9. The van der Waals surface area contributed by atoms with Crippen LogP contribution in [0.3, 0.4) is 0 Å². The number of nitrogens with zero attached hydrogens (tertiary/aromatic N) is 1. The quantitative estimate of drug-likeness (QED) is 0.407. The Morgan fingerprint density at radius 2 is 1.71 bits per heavy atom. The molecule has 4 rings (SSSR count). The summed E-state index contributed by atoms with van der Waals surface area (Å²) in [6, 6.07) is 16.8. The van der Waals surface area contributed by atoms with E-state index in [1.165, 1.54) is 0 Å². The van der Waals surface area contributed by atoms with Crippen LogP contribution < -0.4 is 9.64 Å². The lowest BCUT2D eigenvalue weighted by Crippen LogP contribution is -2.41. The van der Waals surface area contributed by atoms with Crippen molar-refractivity contribution in [2.45, 2.75) is 45.1 Å². The lowest BCUT2D eigenvalue weighted by molar-refractivity contribution is -0.139. The lowest BCUT2D eigenvalue weighted by atomic mass is 9.93. The highest BCUT2D eigenvalue weighted by molar-refractivity contribution is 7.18. The summed E-state index contributed by atoms with van der Waals surface area (Å²) in [4.78, 5) is 38.9. The number of aromatic carboxylic acids is 1. The zero-order valence-corrected chi connectivity index (χ0v) is 20.2. The van der Waals surface area contributed by atoms with Gasteiger partial charge in [0.1, 0.15) is 5.75 Å². The SMILES string of the molecule is Cc1c(-c2cccc(N(C(=O)c3ccccc3)C3CCCCC3)c2)sc(C(=O)O)c1OCC(=O)O. The molecular weight excluding hydrogens is 466 g/mol. The van der Waals surface area contributed by atoms with E-state index >= 15 is 0 Å². The molecule has 0 unspecified atom stereocenters. The first-order chi connectivity index (χ1) is 16.9. The van der Waals surface area contributed by atoms with Gasteiger partial charge in [-0.1, -0.05) is 49.6 Å². The van der Waals surface area contributed by atoms with Gasteiger partial charge in [-0.25, -0.2) is 9.59 Å². The third-order valence-corrected chi connectivity index (χ3v) is 7.50. The molecule has 1 aliphatic carbocycles. The molecule has 2 aromatic carbocycles. The first-order valence-corrected chi connectivity index (χ1v) is 12.4. The van der Waals surface area contributed by atoms with Gasteiger partial charge in [0, 0.05) is 27.7 Å². The van der Waals surface area contributed by atoms with Crippen LogP contribution in [0.2, 0.25) is 0 Å². The van der Waals surface area contributed by atoms with Crippen LogP contribution >= 0.6 is 11.3 Å². The fourth-order valence-corrected chi connectivity index (χ4v) is 5.66. The molecule has 7 nitrogen and oxygen atoms in total. The largest absolute Gasteiger partial charge is 0.480 e. The first-order valence-electron chi connectivity index (χ1n) is 11.6. The van der Waals surface area contributed by atoms with Crippen molar-refractivity contribution >= 4 is 34.9 Å². The third kappa shape index (κ3) is 5.38. The zero-order valence-electron chi connectivity index (χ0n) is 19.4. The number of hydrogen-bond acceptors (Lipinski definition) is 5. The van der Waals surface area contributed by atoms with Gasteiger partial charge in [0.2, 0.25) is 0 Å². The summed E-state index contributed by atoms with van der Waals surface area (Å²) in [5.41, 5.74) is 2.68. The van der Waals surface area contributed by atoms with Gasteiger partial charge in [0.05, 0.1) is 0 Å². The number of carboxylic acids is 2. The molecule has 3 aromatic rings. The van der Waals surface area contributed by atoms with E-state index in [1.54, 1.807) is 6.92 Å². The highest BCUT2D eigenvalue weighted by Gasteiger charge is 2.29. The number of ether oxygens (including phenoxy) is 1. The average Bonchev–Trinajstić information content (AvgIpc) is 3.20. The van der Waals surface area contributed by atoms with E-state index in [9.17, 15) is 19.5 Å². The van der Waals surface area contributed by atoms with E-state index in [0.717, 1.165) is 54.7 Å². The number of carbonyl (C=O) groups excluding carboxylic acids is 1. The number of aliphatic carboxylic acids is 1. The van der Waals surface area contributed by atoms with Crippen LogP contribution in [0.15, 0.2) is 54.6 Å². The molecule has 1 aromatic heterocycles. The van der Waals surface area contributed by atoms with Crippen molar-refractivity contribution in [2.75, 3.05) is 11.5 Å². The molecule has 1 aliphatic rings. The molecule has 0 atom stereocenters. The Balaban J connectivity index is 1.76. The van der Waals surface area contributed by atoms with Crippen LogP contribution in [0.5, 0.6) is 5.75 Å². The van der Waals surface area contributed by atoms with Crippen LogP contribution in [-0.4, -0.2) is 40.7 Å². The van der Waals surface area contributed by atoms with Crippen molar-refractivity contribution < 1.29 is 29.3 Å². The molecule has 0 aliphatic heterocycles. The van der Waals surface area contributed by atoms with E-state index in [-0.39, 0.29) is 22.6 Å². The molecule has 0 saturated heterocycles. The van der Waals surface area contributed by atoms with Crippen LogP contribution in [0.1, 0.15) is 57.7 Å². The molecule has 0 radical (unpaired) electrons. The van der Waals surface area contributed by atoms with Gasteiger partial charge in [0.25, 0.3) is 5.91 Å². The molecule has 1 heterocycles. The molecule has 1 amide bonds. The maximum absolute atomic E-state index is 13.6. The Hall–Kier alpha value is -3.65. The van der Waals surface area contributed by atoms with Gasteiger partial charge in [0.15, 0.2) is 11.5 Å². The monoisotopic (exact) mass is 493 g/mol. The second-order valence-corrected chi connectivity index (χ2v) is 9.61. The van der Waals surface area contributed by atoms with E-state index in [2.05, 4.69) is 0 Å². The van der Waals surface area contributed by atoms with Crippen LogP contribution in [-0.2, 0) is 4.79 Å². The van der Waals surface area contributed by atoms with E-state index in [4.69, 9.17) is 9.84 Å². The van der Waals surface area contributed by atoms with Crippen LogP contribution in [0.25, 0.3) is 10.4 Å². The summed E-state index contributed by atoms with van der Waals surface area (Å²) in [5.74, 6) is -2.36. The van der Waals surface area contributed by atoms with Crippen LogP contribution in [0, 0.1) is 6.92 Å². The molecule has 182 valence electrons. The summed E-state index contributed by atoms with van der Waals surface area (Å²) < 4.78 is 5.33. The number of thiophene rings is 1. The predicted molar refractivity (Wildman–Crippen MR) is 135 cm³/mol. The summed E-state index contributed by atoms with van der Waals surface area (Å²) in [6.07, 6.45) is 5.15. The van der Waals surface area contributed by atoms with Gasteiger partial charge in [-0.2, -0.15) is 0 Å². The molecule has 1 saturated carbocycles. The number of carbonyl (C=O) groups is 3. The summed E-state index contributed by atoms with van der Waals surface area (Å²) in [7, 11) is 0. The molecule has 8 heteroatoms. The number of benzene rings is 2. The van der Waals surface area contributed by atoms with Gasteiger partial charge in [-0.3, -0.25) is 4.79 Å². The third-order valence-electron chi connectivity index (χ3n) is 6.19. The van der Waals surface area contributed by atoms with Gasteiger partial charge in [-0.15, -0.1) is 11.3 Å². The van der Waals surface area contributed by atoms with E-state index in [1.807, 2.05) is 59.5 Å². The standard InChI is InChI=1S/C27H27NO6S/c1-17-23(34-16-22(29)30)25(27(32)33)35-24(17)19-11-8-14-21(15-19)28(20-12-6-3-7-13-20)26(31)18-9-4-2-5-10-18/h2,4-5,8-11,14-15,20H,3,6-7,12-13,16H2,1H3,(H,29,30)(H,32,33). The van der Waals surface area contributed by atoms with Crippen molar-refractivity contribution in [3.8, 4) is 16.2 Å². The highest BCUT2D eigenvalue weighted by atomic mass is 32.1. The molecule has 0 bridgehead atoms. The minimum absolute atomic E-state index is 0.0475. The smallest absolute Gasteiger partial charge is 0.349 e. The number of amides is 1. The summed E-state index contributed by atoms with van der Waals surface area (Å²) >= 11 is 1.04. The second-order valence-electron chi connectivity index (χ2n) is 8.59. The van der Waals surface area contributed by atoms with E-state index < -0.39 is 18.5 Å². The summed E-state index contributed by atoms with van der Waals surface area (Å²) in [5, 5.41) is 18.6. The first kappa shape index (κ1) is 24.5. The number of anilines is 1. The second kappa shape index (κ2) is 10.7. The molecule has 0 spiro atoms. The minimum Gasteiger partial charge on any atom is -0.480 e. The fraction of sp³-hybridized carbons (Fsp3) is 0.296. The normalized spacial score (nSPS) is 13.9. The number of carboxylic acid groups (broad SMARTS) is 2. The Bertz CT molecular complexity index is 1230. The van der Waals surface area contributed by atoms with Gasteiger partial charge in [-0.05, 0) is 49.6 Å². The van der Waals surface area contributed by atoms with Crippen molar-refractivity contribution in [3.05, 3.63) is 70.6 Å². The van der Waals surface area contributed by atoms with Gasteiger partial charge < -0.3 is 19.8 Å². The molecular formula is C27H27NO6S. The topological polar surface area (TPSA) is 104 Å². The lowest BCUT2D eigenvalue weighted by Gasteiger charge is -2.35. The number of hydrogen-bond donors (Lipinski definition) is 2. The van der Waals surface area contributed by atoms with Crippen molar-refractivity contribution in [1.29, 1.82) is 0 Å². The van der Waals surface area contributed by atoms with Gasteiger partial charge >= 0.3 is 11.9 Å². The maximum atomic E-state index is 13.6. The Morgan fingerprint density at radius 3 is 2.37 bits per heavy atom. The molecule has 2 N–H and O–H groups in total. The summed E-state index contributed by atoms with van der Waals surface area (Å²) in [6.45, 7) is 1.09. The van der Waals surface area contributed by atoms with Crippen molar-refractivity contribution in [2.24, 2.45) is 0 Å². The van der Waals surface area contributed by atoms with E-state index in [0.29, 0.717) is 16.0 Å².